The van der Waals surface area contributed by atoms with Crippen LogP contribution < -0.4 is 0 Å². The van der Waals surface area contributed by atoms with Gasteiger partial charge in [-0.3, -0.25) is 0 Å². The number of hydrogen-bond acceptors (Lipinski definition) is 1. The summed E-state index contributed by atoms with van der Waals surface area (Å²) >= 11 is 6.15. The second-order valence-electron chi connectivity index (χ2n) is 4.45. The molecule has 0 amide bonds. The number of imidazole rings is 1. The Kier molecular flexibility index (Phi) is 4.05. The van der Waals surface area contributed by atoms with E-state index >= 15 is 0 Å². The summed E-state index contributed by atoms with van der Waals surface area (Å²) in [5.74, 6) is 1.18. The van der Waals surface area contributed by atoms with Crippen molar-refractivity contribution in [1.82, 2.24) is 9.55 Å². The van der Waals surface area contributed by atoms with E-state index in [-0.39, 0.29) is 5.38 Å². The molecule has 0 aliphatic heterocycles. The Labute approximate surface area is 102 Å². The van der Waals surface area contributed by atoms with Crippen LogP contribution in [0, 0.1) is 0 Å². The van der Waals surface area contributed by atoms with Crippen LogP contribution in [0.15, 0.2) is 24.0 Å². The number of halogens is 1. The van der Waals surface area contributed by atoms with Crippen LogP contribution in [0.5, 0.6) is 0 Å². The SMILES string of the molecule is CCCn1ccnc1CC1=CC(Cl)CCC1. The molecule has 0 saturated carbocycles. The maximum Gasteiger partial charge on any atom is 0.112 e. The third-order valence-corrected chi connectivity index (χ3v) is 3.39. The van der Waals surface area contributed by atoms with E-state index < -0.39 is 0 Å². The second kappa shape index (κ2) is 5.53. The summed E-state index contributed by atoms with van der Waals surface area (Å²) in [4.78, 5) is 4.43. The zero-order chi connectivity index (χ0) is 11.4. The molecule has 1 aromatic rings. The van der Waals surface area contributed by atoms with E-state index in [0.717, 1.165) is 25.8 Å². The minimum Gasteiger partial charge on any atom is -0.335 e. The summed E-state index contributed by atoms with van der Waals surface area (Å²) < 4.78 is 2.25. The quantitative estimate of drug-likeness (QED) is 0.580. The van der Waals surface area contributed by atoms with Crippen LogP contribution in [-0.2, 0) is 13.0 Å². The highest BCUT2D eigenvalue weighted by atomic mass is 35.5. The van der Waals surface area contributed by atoms with Gasteiger partial charge in [-0.2, -0.15) is 0 Å². The third-order valence-electron chi connectivity index (χ3n) is 3.05. The van der Waals surface area contributed by atoms with Gasteiger partial charge in [0.2, 0.25) is 0 Å². The lowest BCUT2D eigenvalue weighted by atomic mass is 9.96. The molecule has 0 saturated heterocycles. The molecule has 1 aromatic heterocycles. The van der Waals surface area contributed by atoms with Gasteiger partial charge in [-0.1, -0.05) is 18.6 Å². The van der Waals surface area contributed by atoms with Crippen molar-refractivity contribution in [2.24, 2.45) is 0 Å². The van der Waals surface area contributed by atoms with Crippen LogP contribution >= 0.6 is 11.6 Å². The lowest BCUT2D eigenvalue weighted by Crippen LogP contribution is -2.09. The van der Waals surface area contributed by atoms with E-state index in [0.29, 0.717) is 0 Å². The Balaban J connectivity index is 2.05. The largest absolute Gasteiger partial charge is 0.335 e. The van der Waals surface area contributed by atoms with Crippen LogP contribution in [0.25, 0.3) is 0 Å². The van der Waals surface area contributed by atoms with Gasteiger partial charge in [0, 0.05) is 25.4 Å². The first-order chi connectivity index (χ1) is 7.79. The molecule has 2 rings (SSSR count). The van der Waals surface area contributed by atoms with E-state index in [1.807, 2.05) is 6.20 Å². The van der Waals surface area contributed by atoms with Crippen LogP contribution in [-0.4, -0.2) is 14.9 Å². The molecule has 1 aliphatic carbocycles. The summed E-state index contributed by atoms with van der Waals surface area (Å²) in [7, 11) is 0. The molecule has 2 nitrogen and oxygen atoms in total. The Morgan fingerprint density at radius 3 is 3.19 bits per heavy atom. The minimum atomic E-state index is 0.235. The lowest BCUT2D eigenvalue weighted by Gasteiger charge is -2.16. The number of nitrogens with zero attached hydrogens (tertiary/aromatic N) is 2. The molecular weight excluding hydrogens is 220 g/mol. The van der Waals surface area contributed by atoms with Crippen molar-refractivity contribution in [1.29, 1.82) is 0 Å². The Morgan fingerprint density at radius 1 is 1.56 bits per heavy atom. The summed E-state index contributed by atoms with van der Waals surface area (Å²) in [6, 6.07) is 0. The normalized spacial score (nSPS) is 20.9. The monoisotopic (exact) mass is 238 g/mol. The van der Waals surface area contributed by atoms with E-state index in [4.69, 9.17) is 11.6 Å². The summed E-state index contributed by atoms with van der Waals surface area (Å²) in [6.45, 7) is 3.26. The molecule has 88 valence electrons. The highest BCUT2D eigenvalue weighted by Crippen LogP contribution is 2.24. The predicted octanol–water partition coefficient (Wildman–Crippen LogP) is 3.55. The van der Waals surface area contributed by atoms with E-state index in [1.165, 1.54) is 24.2 Å². The van der Waals surface area contributed by atoms with Crippen molar-refractivity contribution in [3.05, 3.63) is 29.9 Å². The molecule has 0 N–H and O–H groups in total. The minimum absolute atomic E-state index is 0.235. The van der Waals surface area contributed by atoms with Gasteiger partial charge in [-0.15, -0.1) is 11.6 Å². The van der Waals surface area contributed by atoms with Gasteiger partial charge in [0.05, 0.1) is 5.38 Å². The number of aryl methyl sites for hydroxylation is 1. The molecule has 0 aromatic carbocycles. The van der Waals surface area contributed by atoms with Crippen molar-refractivity contribution in [2.45, 2.75) is 50.9 Å². The molecule has 1 unspecified atom stereocenters. The van der Waals surface area contributed by atoms with Gasteiger partial charge in [0.15, 0.2) is 0 Å². The standard InChI is InChI=1S/C13H19ClN2/c1-2-7-16-8-6-15-13(16)10-11-4-3-5-12(14)9-11/h6,8-9,12H,2-5,7,10H2,1H3. The van der Waals surface area contributed by atoms with Crippen molar-refractivity contribution < 1.29 is 0 Å². The smallest absolute Gasteiger partial charge is 0.112 e. The first-order valence-corrected chi connectivity index (χ1v) is 6.57. The zero-order valence-corrected chi connectivity index (χ0v) is 10.6. The maximum atomic E-state index is 6.15. The van der Waals surface area contributed by atoms with Crippen LogP contribution in [0.1, 0.15) is 38.4 Å². The van der Waals surface area contributed by atoms with E-state index in [2.05, 4.69) is 28.7 Å². The van der Waals surface area contributed by atoms with E-state index in [1.54, 1.807) is 0 Å². The van der Waals surface area contributed by atoms with Crippen molar-refractivity contribution in [2.75, 3.05) is 0 Å². The highest BCUT2D eigenvalue weighted by Gasteiger charge is 2.13. The fraction of sp³-hybridized carbons (Fsp3) is 0.615. The van der Waals surface area contributed by atoms with Gasteiger partial charge >= 0.3 is 0 Å². The van der Waals surface area contributed by atoms with Gasteiger partial charge in [0.1, 0.15) is 5.82 Å². The lowest BCUT2D eigenvalue weighted by molar-refractivity contribution is 0.629. The molecule has 3 heteroatoms. The molecule has 1 atom stereocenters. The molecule has 0 fully saturated rings. The molecule has 0 bridgehead atoms. The number of alkyl halides is 1. The Hall–Kier alpha value is -0.760. The number of rotatable bonds is 4. The topological polar surface area (TPSA) is 17.8 Å². The number of hydrogen-bond donors (Lipinski definition) is 0. The average molecular weight is 239 g/mol. The molecule has 1 heterocycles. The third kappa shape index (κ3) is 2.88. The van der Waals surface area contributed by atoms with Gasteiger partial charge in [0.25, 0.3) is 0 Å². The molecule has 0 radical (unpaired) electrons. The van der Waals surface area contributed by atoms with E-state index in [9.17, 15) is 0 Å². The van der Waals surface area contributed by atoms with Crippen molar-refractivity contribution in [3.8, 4) is 0 Å². The van der Waals surface area contributed by atoms with Crippen LogP contribution in [0.2, 0.25) is 0 Å². The summed E-state index contributed by atoms with van der Waals surface area (Å²) in [5, 5.41) is 0.235. The number of aromatic nitrogens is 2. The molecule has 16 heavy (non-hydrogen) atoms. The summed E-state index contributed by atoms with van der Waals surface area (Å²) in [6.07, 6.45) is 11.8. The predicted molar refractivity (Wildman–Crippen MR) is 67.8 cm³/mol. The first-order valence-electron chi connectivity index (χ1n) is 6.13. The van der Waals surface area contributed by atoms with Crippen LogP contribution in [0.4, 0.5) is 0 Å². The van der Waals surface area contributed by atoms with Crippen molar-refractivity contribution >= 4 is 11.6 Å². The fourth-order valence-corrected chi connectivity index (χ4v) is 2.58. The first kappa shape index (κ1) is 11.7. The second-order valence-corrected chi connectivity index (χ2v) is 5.01. The zero-order valence-electron chi connectivity index (χ0n) is 9.82. The van der Waals surface area contributed by atoms with Gasteiger partial charge < -0.3 is 4.57 Å². The molecule has 0 spiro atoms. The highest BCUT2D eigenvalue weighted by molar-refractivity contribution is 6.21. The van der Waals surface area contributed by atoms with Gasteiger partial charge in [-0.05, 0) is 25.7 Å². The molecule has 1 aliphatic rings. The molecular formula is C13H19ClN2. The number of allylic oxidation sites excluding steroid dienone is 2. The van der Waals surface area contributed by atoms with Crippen LogP contribution in [0.3, 0.4) is 0 Å². The summed E-state index contributed by atoms with van der Waals surface area (Å²) in [5.41, 5.74) is 1.45. The maximum absolute atomic E-state index is 6.15. The van der Waals surface area contributed by atoms with Crippen molar-refractivity contribution in [3.63, 3.8) is 0 Å². The average Bonchev–Trinajstić information content (AvgIpc) is 2.66. The fourth-order valence-electron chi connectivity index (χ4n) is 2.25. The van der Waals surface area contributed by atoms with Gasteiger partial charge in [-0.25, -0.2) is 4.98 Å². The Bertz CT molecular complexity index is 368. The Morgan fingerprint density at radius 2 is 2.44 bits per heavy atom.